The number of aliphatic hydroxyl groups is 1. The summed E-state index contributed by atoms with van der Waals surface area (Å²) in [5, 5.41) is 8.94. The standard InChI is InChI=1S/C19H21N3O4/c23-14-18(24)16-5-3-15(4-6-16)13-22(17-2-1-7-20-12-17)19(25)21-8-10-26-11-9-21/h1-7,12,23H,8-11,13-14H2. The number of nitrogens with zero attached hydrogens (tertiary/aromatic N) is 3. The molecular weight excluding hydrogens is 334 g/mol. The fourth-order valence-electron chi connectivity index (χ4n) is 2.78. The fourth-order valence-corrected chi connectivity index (χ4v) is 2.78. The van der Waals surface area contributed by atoms with Crippen LogP contribution < -0.4 is 4.90 Å². The van der Waals surface area contributed by atoms with Gasteiger partial charge in [-0.25, -0.2) is 4.79 Å². The number of carbonyl (C=O) groups excluding carboxylic acids is 2. The third-order valence-corrected chi connectivity index (χ3v) is 4.23. The van der Waals surface area contributed by atoms with Crippen molar-refractivity contribution in [3.05, 3.63) is 59.9 Å². The van der Waals surface area contributed by atoms with Crippen LogP contribution in [0.3, 0.4) is 0 Å². The molecule has 1 N–H and O–H groups in total. The highest BCUT2D eigenvalue weighted by Gasteiger charge is 2.24. The molecule has 0 bridgehead atoms. The molecule has 3 rings (SSSR count). The van der Waals surface area contributed by atoms with Gasteiger partial charge in [-0.15, -0.1) is 0 Å². The summed E-state index contributed by atoms with van der Waals surface area (Å²) in [5.74, 6) is -0.329. The molecule has 26 heavy (non-hydrogen) atoms. The number of morpholine rings is 1. The summed E-state index contributed by atoms with van der Waals surface area (Å²) in [7, 11) is 0. The first-order valence-electron chi connectivity index (χ1n) is 8.46. The number of Topliss-reactive ketones (excluding diaryl/α,β-unsaturated/α-hetero) is 1. The molecule has 1 fully saturated rings. The quantitative estimate of drug-likeness (QED) is 0.826. The van der Waals surface area contributed by atoms with E-state index in [1.54, 1.807) is 52.5 Å². The predicted molar refractivity (Wildman–Crippen MR) is 96.1 cm³/mol. The van der Waals surface area contributed by atoms with Crippen molar-refractivity contribution < 1.29 is 19.4 Å². The second kappa shape index (κ2) is 8.55. The van der Waals surface area contributed by atoms with E-state index in [0.29, 0.717) is 44.1 Å². The third kappa shape index (κ3) is 4.25. The van der Waals surface area contributed by atoms with Crippen LogP contribution in [0.15, 0.2) is 48.8 Å². The van der Waals surface area contributed by atoms with Gasteiger partial charge < -0.3 is 14.7 Å². The number of rotatable bonds is 5. The smallest absolute Gasteiger partial charge is 0.325 e. The van der Waals surface area contributed by atoms with Gasteiger partial charge in [0.15, 0.2) is 5.78 Å². The maximum atomic E-state index is 13.0. The first-order chi connectivity index (χ1) is 12.7. The Balaban J connectivity index is 1.81. The summed E-state index contributed by atoms with van der Waals surface area (Å²) in [6.45, 7) is 2.01. The second-order valence-corrected chi connectivity index (χ2v) is 5.96. The molecule has 7 nitrogen and oxygen atoms in total. The maximum absolute atomic E-state index is 13.0. The summed E-state index contributed by atoms with van der Waals surface area (Å²) < 4.78 is 5.32. The maximum Gasteiger partial charge on any atom is 0.325 e. The van der Waals surface area contributed by atoms with E-state index in [2.05, 4.69) is 4.98 Å². The minimum Gasteiger partial charge on any atom is -0.388 e. The van der Waals surface area contributed by atoms with Gasteiger partial charge in [-0.2, -0.15) is 0 Å². The number of benzene rings is 1. The van der Waals surface area contributed by atoms with Crippen LogP contribution >= 0.6 is 0 Å². The molecule has 1 aromatic heterocycles. The molecule has 2 aromatic rings. The number of aliphatic hydroxyl groups excluding tert-OH is 1. The van der Waals surface area contributed by atoms with Crippen LogP contribution in [-0.2, 0) is 11.3 Å². The van der Waals surface area contributed by atoms with Gasteiger partial charge in [0.1, 0.15) is 6.61 Å². The lowest BCUT2D eigenvalue weighted by molar-refractivity contribution is 0.0548. The van der Waals surface area contributed by atoms with E-state index in [4.69, 9.17) is 9.84 Å². The molecule has 136 valence electrons. The van der Waals surface area contributed by atoms with Crippen LogP contribution in [0, 0.1) is 0 Å². The summed E-state index contributed by atoms with van der Waals surface area (Å²) >= 11 is 0. The average molecular weight is 355 g/mol. The zero-order valence-corrected chi connectivity index (χ0v) is 14.4. The van der Waals surface area contributed by atoms with Crippen molar-refractivity contribution >= 4 is 17.5 Å². The van der Waals surface area contributed by atoms with Crippen LogP contribution in [0.4, 0.5) is 10.5 Å². The Kier molecular flexibility index (Phi) is 5.93. The van der Waals surface area contributed by atoms with Gasteiger partial charge in [-0.1, -0.05) is 24.3 Å². The van der Waals surface area contributed by atoms with Gasteiger partial charge >= 0.3 is 6.03 Å². The van der Waals surface area contributed by atoms with Crippen LogP contribution in [0.25, 0.3) is 0 Å². The summed E-state index contributed by atoms with van der Waals surface area (Å²) in [4.78, 5) is 32.1. The zero-order valence-electron chi connectivity index (χ0n) is 14.4. The number of ether oxygens (including phenoxy) is 1. The van der Waals surface area contributed by atoms with Crippen molar-refractivity contribution in [2.75, 3.05) is 37.8 Å². The summed E-state index contributed by atoms with van der Waals surface area (Å²) in [6, 6.07) is 10.4. The Morgan fingerprint density at radius 3 is 2.50 bits per heavy atom. The van der Waals surface area contributed by atoms with Crippen molar-refractivity contribution in [3.8, 4) is 0 Å². The molecule has 0 atom stereocenters. The Bertz CT molecular complexity index is 743. The van der Waals surface area contributed by atoms with Gasteiger partial charge in [0.25, 0.3) is 0 Å². The monoisotopic (exact) mass is 355 g/mol. The van der Waals surface area contributed by atoms with Crippen molar-refractivity contribution in [3.63, 3.8) is 0 Å². The van der Waals surface area contributed by atoms with Gasteiger partial charge in [-0.3, -0.25) is 14.7 Å². The highest BCUT2D eigenvalue weighted by Crippen LogP contribution is 2.19. The molecule has 1 saturated heterocycles. The Morgan fingerprint density at radius 2 is 1.88 bits per heavy atom. The molecule has 2 heterocycles. The topological polar surface area (TPSA) is 83.0 Å². The van der Waals surface area contributed by atoms with Crippen molar-refractivity contribution in [1.29, 1.82) is 0 Å². The number of pyridine rings is 1. The lowest BCUT2D eigenvalue weighted by Gasteiger charge is -2.33. The van der Waals surface area contributed by atoms with E-state index in [0.717, 1.165) is 5.56 Å². The lowest BCUT2D eigenvalue weighted by Crippen LogP contribution is -2.48. The average Bonchev–Trinajstić information content (AvgIpc) is 2.72. The Hall–Kier alpha value is -2.77. The molecule has 0 spiro atoms. The normalized spacial score (nSPS) is 14.1. The molecule has 1 aliphatic heterocycles. The van der Waals surface area contributed by atoms with Crippen molar-refractivity contribution in [2.24, 2.45) is 0 Å². The predicted octanol–water partition coefficient (Wildman–Crippen LogP) is 1.72. The highest BCUT2D eigenvalue weighted by atomic mass is 16.5. The Morgan fingerprint density at radius 1 is 1.15 bits per heavy atom. The number of aromatic nitrogens is 1. The van der Waals surface area contributed by atoms with E-state index in [1.165, 1.54) is 0 Å². The van der Waals surface area contributed by atoms with Crippen LogP contribution in [0.1, 0.15) is 15.9 Å². The number of anilines is 1. The minimum absolute atomic E-state index is 0.100. The van der Waals surface area contributed by atoms with Gasteiger partial charge in [0.2, 0.25) is 0 Å². The molecule has 0 unspecified atom stereocenters. The van der Waals surface area contributed by atoms with Crippen LogP contribution in [0.5, 0.6) is 0 Å². The summed E-state index contributed by atoms with van der Waals surface area (Å²) in [5.41, 5.74) is 2.04. The zero-order chi connectivity index (χ0) is 18.4. The molecular formula is C19H21N3O4. The van der Waals surface area contributed by atoms with Crippen LogP contribution in [0.2, 0.25) is 0 Å². The third-order valence-electron chi connectivity index (χ3n) is 4.23. The minimum atomic E-state index is -0.517. The lowest BCUT2D eigenvalue weighted by atomic mass is 10.1. The first-order valence-corrected chi connectivity index (χ1v) is 8.46. The summed E-state index contributed by atoms with van der Waals surface area (Å²) in [6.07, 6.45) is 3.32. The molecule has 1 aromatic carbocycles. The van der Waals surface area contributed by atoms with E-state index < -0.39 is 6.61 Å². The number of hydrogen-bond acceptors (Lipinski definition) is 5. The molecule has 0 aliphatic carbocycles. The largest absolute Gasteiger partial charge is 0.388 e. The number of hydrogen-bond donors (Lipinski definition) is 1. The molecule has 0 saturated carbocycles. The molecule has 1 aliphatic rings. The SMILES string of the molecule is O=C(CO)c1ccc(CN(C(=O)N2CCOCC2)c2cccnc2)cc1. The van der Waals surface area contributed by atoms with Crippen molar-refractivity contribution in [1.82, 2.24) is 9.88 Å². The molecule has 0 radical (unpaired) electrons. The Labute approximate surface area is 151 Å². The van der Waals surface area contributed by atoms with E-state index in [-0.39, 0.29) is 11.8 Å². The number of ketones is 1. The number of urea groups is 1. The van der Waals surface area contributed by atoms with Crippen molar-refractivity contribution in [2.45, 2.75) is 6.54 Å². The number of amides is 2. The van der Waals surface area contributed by atoms with Gasteiger partial charge in [0, 0.05) is 24.8 Å². The number of carbonyl (C=O) groups is 2. The van der Waals surface area contributed by atoms with Gasteiger partial charge in [-0.05, 0) is 17.7 Å². The van der Waals surface area contributed by atoms with Crippen LogP contribution in [-0.4, -0.2) is 59.7 Å². The highest BCUT2D eigenvalue weighted by molar-refractivity contribution is 5.97. The first kappa shape index (κ1) is 18.0. The van der Waals surface area contributed by atoms with Gasteiger partial charge in [0.05, 0.1) is 31.6 Å². The fraction of sp³-hybridized carbons (Fsp3) is 0.316. The van der Waals surface area contributed by atoms with E-state index in [1.807, 2.05) is 6.07 Å². The molecule has 7 heteroatoms. The van der Waals surface area contributed by atoms with E-state index >= 15 is 0 Å². The van der Waals surface area contributed by atoms with E-state index in [9.17, 15) is 9.59 Å². The molecule has 2 amide bonds. The second-order valence-electron chi connectivity index (χ2n) is 5.96.